The van der Waals surface area contributed by atoms with Crippen molar-refractivity contribution in [1.82, 2.24) is 9.97 Å². The van der Waals surface area contributed by atoms with Gasteiger partial charge in [-0.15, -0.1) is 0 Å². The number of aromatic nitrogens is 2. The van der Waals surface area contributed by atoms with Gasteiger partial charge in [0.2, 0.25) is 0 Å². The summed E-state index contributed by atoms with van der Waals surface area (Å²) in [7, 11) is 0. The third-order valence-electron chi connectivity index (χ3n) is 1.56. The van der Waals surface area contributed by atoms with E-state index in [1.807, 2.05) is 18.2 Å². The lowest BCUT2D eigenvalue weighted by Crippen LogP contribution is -2.18. The number of anilines is 1. The molecular weight excluding hydrogens is 260 g/mol. The molecule has 3 N–H and O–H groups in total. The molecule has 0 aliphatic heterocycles. The second kappa shape index (κ2) is 5.24. The van der Waals surface area contributed by atoms with Gasteiger partial charge in [-0.2, -0.15) is 0 Å². The van der Waals surface area contributed by atoms with E-state index in [0.29, 0.717) is 5.13 Å². The lowest BCUT2D eigenvalue weighted by atomic mass is 10.5. The summed E-state index contributed by atoms with van der Waals surface area (Å²) in [4.78, 5) is 8.36. The molecule has 4 nitrogen and oxygen atoms in total. The minimum absolute atomic E-state index is 0.226. The summed E-state index contributed by atoms with van der Waals surface area (Å²) < 4.78 is 1.04. The van der Waals surface area contributed by atoms with Crippen molar-refractivity contribution in [3.05, 3.63) is 30.6 Å². The number of nitrogens with two attached hydrogens (primary N) is 1. The monoisotopic (exact) mass is 268 g/mol. The minimum Gasteiger partial charge on any atom is -0.376 e. The number of nitrogens with zero attached hydrogens (tertiary/aromatic N) is 2. The van der Waals surface area contributed by atoms with Gasteiger partial charge in [-0.3, -0.25) is 0 Å². The molecule has 0 aliphatic rings. The number of pyridine rings is 1. The van der Waals surface area contributed by atoms with Crippen LogP contribution in [0.3, 0.4) is 0 Å². The summed E-state index contributed by atoms with van der Waals surface area (Å²) in [5.74, 6) is 0. The van der Waals surface area contributed by atoms with Crippen LogP contribution in [0.1, 0.15) is 0 Å². The first-order valence-electron chi connectivity index (χ1n) is 4.35. The molecule has 0 radical (unpaired) electrons. The van der Waals surface area contributed by atoms with Crippen molar-refractivity contribution in [2.24, 2.45) is 5.73 Å². The van der Waals surface area contributed by atoms with Gasteiger partial charge in [-0.1, -0.05) is 29.2 Å². The number of hydrogen-bond donors (Lipinski definition) is 2. The summed E-state index contributed by atoms with van der Waals surface area (Å²) >= 11 is 7.78. The highest BCUT2D eigenvalue weighted by atomic mass is 32.2. The highest BCUT2D eigenvalue weighted by molar-refractivity contribution is 8.01. The zero-order valence-corrected chi connectivity index (χ0v) is 10.5. The summed E-state index contributed by atoms with van der Waals surface area (Å²) in [6.07, 6.45) is 3.53. The summed E-state index contributed by atoms with van der Waals surface area (Å²) in [5, 5.41) is 4.66. The minimum atomic E-state index is 0.226. The molecule has 0 saturated heterocycles. The van der Waals surface area contributed by atoms with Gasteiger partial charge in [-0.25, -0.2) is 9.97 Å². The highest BCUT2D eigenvalue weighted by Crippen LogP contribution is 2.32. The van der Waals surface area contributed by atoms with Gasteiger partial charge < -0.3 is 11.1 Å². The first kappa shape index (κ1) is 11.3. The highest BCUT2D eigenvalue weighted by Gasteiger charge is 2.04. The molecule has 7 heteroatoms. The largest absolute Gasteiger partial charge is 0.376 e. The van der Waals surface area contributed by atoms with Crippen LogP contribution in [0.5, 0.6) is 0 Å². The van der Waals surface area contributed by atoms with E-state index < -0.39 is 0 Å². The molecule has 2 heterocycles. The molecule has 0 atom stereocenters. The lowest BCUT2D eigenvalue weighted by Gasteiger charge is -1.96. The van der Waals surface area contributed by atoms with Crippen LogP contribution < -0.4 is 11.1 Å². The molecule has 0 saturated carbocycles. The molecular formula is C9H8N4S3. The van der Waals surface area contributed by atoms with Crippen molar-refractivity contribution in [3.8, 4) is 0 Å². The third-order valence-corrected chi connectivity index (χ3v) is 3.62. The van der Waals surface area contributed by atoms with Gasteiger partial charge in [0.15, 0.2) is 10.2 Å². The summed E-state index contributed by atoms with van der Waals surface area (Å²) in [6.45, 7) is 0. The maximum absolute atomic E-state index is 5.35. The quantitative estimate of drug-likeness (QED) is 0.833. The van der Waals surface area contributed by atoms with E-state index in [2.05, 4.69) is 15.3 Å². The fourth-order valence-electron chi connectivity index (χ4n) is 0.980. The Kier molecular flexibility index (Phi) is 3.70. The predicted molar refractivity (Wildman–Crippen MR) is 70.9 cm³/mol. The van der Waals surface area contributed by atoms with Gasteiger partial charge in [0.05, 0.1) is 10.4 Å². The van der Waals surface area contributed by atoms with Crippen LogP contribution in [0.2, 0.25) is 0 Å². The van der Waals surface area contributed by atoms with Gasteiger partial charge >= 0.3 is 0 Å². The second-order valence-corrected chi connectivity index (χ2v) is 5.53. The molecule has 0 aliphatic carbocycles. The average Bonchev–Trinajstić information content (AvgIpc) is 2.66. The SMILES string of the molecule is NC(=S)Nc1ncc(Sc2ccccn2)s1. The Morgan fingerprint density at radius 1 is 1.44 bits per heavy atom. The number of nitrogens with one attached hydrogen (secondary N) is 1. The standard InChI is InChI=1S/C9H8N4S3/c10-8(14)13-9-12-5-7(16-9)15-6-3-1-2-4-11-6/h1-5H,(H3,10,12,13,14). The molecule has 2 aromatic heterocycles. The Balaban J connectivity index is 2.06. The maximum Gasteiger partial charge on any atom is 0.189 e. The summed E-state index contributed by atoms with van der Waals surface area (Å²) in [6, 6.07) is 5.78. The zero-order valence-electron chi connectivity index (χ0n) is 8.08. The Hall–Kier alpha value is -1.18. The van der Waals surface area contributed by atoms with E-state index in [1.165, 1.54) is 11.3 Å². The van der Waals surface area contributed by atoms with Crippen molar-refractivity contribution in [1.29, 1.82) is 0 Å². The molecule has 0 spiro atoms. The molecule has 0 bridgehead atoms. The Morgan fingerprint density at radius 3 is 3.00 bits per heavy atom. The van der Waals surface area contributed by atoms with Crippen LogP contribution in [-0.4, -0.2) is 15.1 Å². The van der Waals surface area contributed by atoms with Crippen molar-refractivity contribution in [2.75, 3.05) is 5.32 Å². The Morgan fingerprint density at radius 2 is 2.31 bits per heavy atom. The van der Waals surface area contributed by atoms with E-state index in [4.69, 9.17) is 18.0 Å². The molecule has 16 heavy (non-hydrogen) atoms. The molecule has 0 amide bonds. The Bertz CT molecular complexity index is 483. The van der Waals surface area contributed by atoms with E-state index in [1.54, 1.807) is 24.2 Å². The first-order chi connectivity index (χ1) is 7.74. The molecule has 82 valence electrons. The molecule has 2 rings (SSSR count). The van der Waals surface area contributed by atoms with Crippen molar-refractivity contribution in [2.45, 2.75) is 9.24 Å². The fourth-order valence-corrected chi connectivity index (χ4v) is 2.94. The number of thiocarbonyl (C=S) groups is 1. The van der Waals surface area contributed by atoms with Crippen molar-refractivity contribution < 1.29 is 0 Å². The van der Waals surface area contributed by atoms with E-state index >= 15 is 0 Å². The predicted octanol–water partition coefficient (Wildman–Crippen LogP) is 2.34. The molecule has 2 aromatic rings. The molecule has 0 fully saturated rings. The number of thiazole rings is 1. The molecule has 0 aromatic carbocycles. The van der Waals surface area contributed by atoms with Crippen molar-refractivity contribution in [3.63, 3.8) is 0 Å². The van der Waals surface area contributed by atoms with Crippen molar-refractivity contribution >= 4 is 45.6 Å². The van der Waals surface area contributed by atoms with Crippen LogP contribution in [-0.2, 0) is 0 Å². The second-order valence-electron chi connectivity index (χ2n) is 2.74. The van der Waals surface area contributed by atoms with Crippen LogP contribution >= 0.6 is 35.3 Å². The average molecular weight is 268 g/mol. The number of hydrogen-bond acceptors (Lipinski definition) is 5. The first-order valence-corrected chi connectivity index (χ1v) is 6.39. The van der Waals surface area contributed by atoms with Gasteiger partial charge in [0.25, 0.3) is 0 Å². The number of rotatable bonds is 3. The molecule has 0 unspecified atom stereocenters. The van der Waals surface area contributed by atoms with E-state index in [9.17, 15) is 0 Å². The van der Waals surface area contributed by atoms with E-state index in [-0.39, 0.29) is 5.11 Å². The van der Waals surface area contributed by atoms with Crippen LogP contribution in [0, 0.1) is 0 Å². The fraction of sp³-hybridized carbons (Fsp3) is 0. The lowest BCUT2D eigenvalue weighted by molar-refractivity contribution is 1.13. The smallest absolute Gasteiger partial charge is 0.189 e. The van der Waals surface area contributed by atoms with Gasteiger partial charge in [-0.05, 0) is 24.4 Å². The third kappa shape index (κ3) is 3.16. The van der Waals surface area contributed by atoms with Crippen LogP contribution in [0.25, 0.3) is 0 Å². The van der Waals surface area contributed by atoms with Crippen LogP contribution in [0.15, 0.2) is 39.8 Å². The topological polar surface area (TPSA) is 63.8 Å². The maximum atomic E-state index is 5.35. The summed E-state index contributed by atoms with van der Waals surface area (Å²) in [5.41, 5.74) is 5.35. The van der Waals surface area contributed by atoms with Crippen LogP contribution in [0.4, 0.5) is 5.13 Å². The normalized spacial score (nSPS) is 10.0. The van der Waals surface area contributed by atoms with Gasteiger partial charge in [0, 0.05) is 6.20 Å². The van der Waals surface area contributed by atoms with Gasteiger partial charge in [0.1, 0.15) is 5.03 Å². The zero-order chi connectivity index (χ0) is 11.4. The van der Waals surface area contributed by atoms with E-state index in [0.717, 1.165) is 9.24 Å². The Labute approximate surface area is 106 Å².